The van der Waals surface area contributed by atoms with E-state index in [1.165, 1.54) is 42.7 Å². The second kappa shape index (κ2) is 9.82. The van der Waals surface area contributed by atoms with Crippen LogP contribution >= 0.6 is 11.6 Å². The number of carboxylic acid groups (broad SMARTS) is 1. The molecule has 2 aromatic carbocycles. The fourth-order valence-electron chi connectivity index (χ4n) is 3.90. The van der Waals surface area contributed by atoms with Gasteiger partial charge in [0.25, 0.3) is 5.91 Å². The molecule has 0 aliphatic heterocycles. The number of rotatable bonds is 6. The summed E-state index contributed by atoms with van der Waals surface area (Å²) in [6, 6.07) is 10.6. The smallest absolute Gasteiger partial charge is 0.416 e. The maximum absolute atomic E-state index is 13.6. The maximum atomic E-state index is 13.6. The summed E-state index contributed by atoms with van der Waals surface area (Å²) < 4.78 is 40.3. The number of aromatic carboxylic acids is 1. The molecule has 11 heteroatoms. The number of carboxylic acids is 1. The fraction of sp³-hybridized carbons (Fsp3) is 0.296. The Kier molecular flexibility index (Phi) is 7.03. The average Bonchev–Trinajstić information content (AvgIpc) is 3.54. The standard InChI is InChI=1S/C27H23ClF3N3O4/c1-25(2,38)12-11-20-21(22(35)33-26(13-14-26)18-9-5-17(6-10-18)23(36)37)34(24(28)32-20)15-16-3-7-19(8-4-16)27(29,30)31/h3-10,38H,13-15H2,1-2H3,(H,33,35)(H,36,37). The zero-order valence-electron chi connectivity index (χ0n) is 20.4. The summed E-state index contributed by atoms with van der Waals surface area (Å²) in [5, 5.41) is 22.1. The van der Waals surface area contributed by atoms with Gasteiger partial charge in [-0.1, -0.05) is 30.2 Å². The van der Waals surface area contributed by atoms with Gasteiger partial charge in [0.15, 0.2) is 0 Å². The van der Waals surface area contributed by atoms with Gasteiger partial charge in [0, 0.05) is 0 Å². The molecule has 38 heavy (non-hydrogen) atoms. The monoisotopic (exact) mass is 545 g/mol. The fourth-order valence-corrected chi connectivity index (χ4v) is 4.13. The molecular formula is C27H23ClF3N3O4. The third-order valence-corrected chi connectivity index (χ3v) is 6.32. The third kappa shape index (κ3) is 6.01. The zero-order valence-corrected chi connectivity index (χ0v) is 21.1. The number of carbonyl (C=O) groups excluding carboxylic acids is 1. The number of nitrogens with zero attached hydrogens (tertiary/aromatic N) is 2. The highest BCUT2D eigenvalue weighted by Crippen LogP contribution is 2.46. The van der Waals surface area contributed by atoms with Crippen LogP contribution in [0.4, 0.5) is 13.2 Å². The predicted octanol–water partition coefficient (Wildman–Crippen LogP) is 4.84. The molecule has 1 saturated carbocycles. The van der Waals surface area contributed by atoms with Crippen molar-refractivity contribution in [1.82, 2.24) is 14.9 Å². The Bertz CT molecular complexity index is 1440. The molecule has 4 rings (SSSR count). The van der Waals surface area contributed by atoms with E-state index in [1.807, 2.05) is 0 Å². The molecule has 1 amide bonds. The number of carbonyl (C=O) groups is 2. The first-order valence-corrected chi connectivity index (χ1v) is 11.9. The van der Waals surface area contributed by atoms with E-state index in [-0.39, 0.29) is 28.8 Å². The number of aromatic nitrogens is 2. The number of amides is 1. The minimum atomic E-state index is -4.49. The molecule has 1 aromatic heterocycles. The molecule has 0 radical (unpaired) electrons. The van der Waals surface area contributed by atoms with E-state index in [4.69, 9.17) is 16.7 Å². The summed E-state index contributed by atoms with van der Waals surface area (Å²) in [7, 11) is 0. The van der Waals surface area contributed by atoms with Gasteiger partial charge >= 0.3 is 12.1 Å². The molecule has 0 unspecified atom stereocenters. The Hall–Kier alpha value is -3.81. The minimum Gasteiger partial charge on any atom is -0.478 e. The van der Waals surface area contributed by atoms with Crippen molar-refractivity contribution < 1.29 is 33.0 Å². The van der Waals surface area contributed by atoms with Gasteiger partial charge < -0.3 is 20.1 Å². The number of hydrogen-bond donors (Lipinski definition) is 3. The number of aliphatic hydroxyl groups is 1. The van der Waals surface area contributed by atoms with Crippen LogP contribution in [0.5, 0.6) is 0 Å². The second-order valence-electron chi connectivity index (χ2n) is 9.59. The first-order chi connectivity index (χ1) is 17.7. The Morgan fingerprint density at radius 3 is 2.21 bits per heavy atom. The van der Waals surface area contributed by atoms with E-state index in [2.05, 4.69) is 22.1 Å². The highest BCUT2D eigenvalue weighted by Gasteiger charge is 2.46. The first kappa shape index (κ1) is 27.2. The van der Waals surface area contributed by atoms with E-state index in [0.717, 1.165) is 17.7 Å². The van der Waals surface area contributed by atoms with Crippen LogP contribution < -0.4 is 5.32 Å². The molecule has 3 N–H and O–H groups in total. The van der Waals surface area contributed by atoms with Crippen LogP contribution in [-0.4, -0.2) is 37.2 Å². The van der Waals surface area contributed by atoms with Crippen molar-refractivity contribution in [3.05, 3.63) is 87.5 Å². The van der Waals surface area contributed by atoms with Crippen LogP contribution in [0, 0.1) is 11.8 Å². The summed E-state index contributed by atoms with van der Waals surface area (Å²) in [4.78, 5) is 29.0. The summed E-state index contributed by atoms with van der Waals surface area (Å²) in [6.07, 6.45) is -3.27. The summed E-state index contributed by atoms with van der Waals surface area (Å²) in [5.74, 6) is 3.64. The minimum absolute atomic E-state index is 0.00133. The van der Waals surface area contributed by atoms with E-state index in [1.54, 1.807) is 12.1 Å². The number of imidazole rings is 1. The Labute approximate surface area is 221 Å². The molecule has 3 aromatic rings. The molecule has 0 bridgehead atoms. The molecule has 198 valence electrons. The summed E-state index contributed by atoms with van der Waals surface area (Å²) >= 11 is 6.35. The molecule has 1 aliphatic carbocycles. The van der Waals surface area contributed by atoms with Gasteiger partial charge in [-0.15, -0.1) is 0 Å². The van der Waals surface area contributed by atoms with Gasteiger partial charge in [-0.2, -0.15) is 13.2 Å². The van der Waals surface area contributed by atoms with E-state index < -0.39 is 34.8 Å². The van der Waals surface area contributed by atoms with Gasteiger partial charge in [-0.05, 0) is 79.6 Å². The normalized spacial score (nSPS) is 14.4. The van der Waals surface area contributed by atoms with E-state index >= 15 is 0 Å². The molecule has 0 atom stereocenters. The lowest BCUT2D eigenvalue weighted by Crippen LogP contribution is -2.36. The lowest BCUT2D eigenvalue weighted by atomic mass is 10.0. The van der Waals surface area contributed by atoms with Crippen molar-refractivity contribution in [2.75, 3.05) is 0 Å². The highest BCUT2D eigenvalue weighted by molar-refractivity contribution is 6.29. The Balaban J connectivity index is 1.69. The topological polar surface area (TPSA) is 104 Å². The van der Waals surface area contributed by atoms with Gasteiger partial charge in [-0.3, -0.25) is 4.79 Å². The Morgan fingerprint density at radius 1 is 1.11 bits per heavy atom. The summed E-state index contributed by atoms with van der Waals surface area (Å²) in [5.41, 5.74) is -1.66. The van der Waals surface area contributed by atoms with E-state index in [9.17, 15) is 27.9 Å². The first-order valence-electron chi connectivity index (χ1n) is 11.5. The number of benzene rings is 2. The zero-order chi connectivity index (χ0) is 27.9. The molecule has 1 fully saturated rings. The Morgan fingerprint density at radius 2 is 1.71 bits per heavy atom. The number of halogens is 4. The molecule has 1 heterocycles. The molecular weight excluding hydrogens is 523 g/mol. The second-order valence-corrected chi connectivity index (χ2v) is 9.92. The number of hydrogen-bond acceptors (Lipinski definition) is 4. The number of alkyl halides is 3. The third-order valence-electron chi connectivity index (χ3n) is 6.03. The quantitative estimate of drug-likeness (QED) is 0.384. The highest BCUT2D eigenvalue weighted by atomic mass is 35.5. The van der Waals surface area contributed by atoms with Gasteiger partial charge in [0.1, 0.15) is 17.0 Å². The van der Waals surface area contributed by atoms with Crippen LogP contribution in [0.1, 0.15) is 69.9 Å². The van der Waals surface area contributed by atoms with Crippen molar-refractivity contribution in [2.45, 2.75) is 50.6 Å². The SMILES string of the molecule is CC(C)(O)C#Cc1nc(Cl)n(Cc2ccc(C(F)(F)F)cc2)c1C(=O)NC1(c2ccc(C(=O)O)cc2)CC1. The van der Waals surface area contributed by atoms with Gasteiger partial charge in [0.05, 0.1) is 23.2 Å². The predicted molar refractivity (Wildman–Crippen MR) is 133 cm³/mol. The molecule has 0 spiro atoms. The molecule has 0 saturated heterocycles. The van der Waals surface area contributed by atoms with Crippen molar-refractivity contribution in [3.63, 3.8) is 0 Å². The molecule has 7 nitrogen and oxygen atoms in total. The van der Waals surface area contributed by atoms with Crippen LogP contribution in [0.25, 0.3) is 0 Å². The lowest BCUT2D eigenvalue weighted by Gasteiger charge is -2.19. The maximum Gasteiger partial charge on any atom is 0.416 e. The van der Waals surface area contributed by atoms with Gasteiger partial charge in [-0.25, -0.2) is 9.78 Å². The van der Waals surface area contributed by atoms with Crippen molar-refractivity contribution in [2.24, 2.45) is 0 Å². The van der Waals surface area contributed by atoms with Crippen LogP contribution in [0.15, 0.2) is 48.5 Å². The van der Waals surface area contributed by atoms with Crippen LogP contribution in [0.3, 0.4) is 0 Å². The largest absolute Gasteiger partial charge is 0.478 e. The lowest BCUT2D eigenvalue weighted by molar-refractivity contribution is -0.137. The van der Waals surface area contributed by atoms with E-state index in [0.29, 0.717) is 18.4 Å². The van der Waals surface area contributed by atoms with Crippen LogP contribution in [-0.2, 0) is 18.3 Å². The van der Waals surface area contributed by atoms with Gasteiger partial charge in [0.2, 0.25) is 5.28 Å². The average molecular weight is 546 g/mol. The van der Waals surface area contributed by atoms with Crippen molar-refractivity contribution in [3.8, 4) is 11.8 Å². The number of nitrogens with one attached hydrogen (secondary N) is 1. The summed E-state index contributed by atoms with van der Waals surface area (Å²) in [6.45, 7) is 2.86. The molecule has 1 aliphatic rings. The van der Waals surface area contributed by atoms with Crippen molar-refractivity contribution in [1.29, 1.82) is 0 Å². The van der Waals surface area contributed by atoms with Crippen molar-refractivity contribution >= 4 is 23.5 Å². The van der Waals surface area contributed by atoms with Crippen LogP contribution in [0.2, 0.25) is 5.28 Å².